The molecule has 116 valence electrons. The van der Waals surface area contributed by atoms with Crippen LogP contribution < -0.4 is 10.6 Å². The summed E-state index contributed by atoms with van der Waals surface area (Å²) in [6, 6.07) is 7.92. The summed E-state index contributed by atoms with van der Waals surface area (Å²) in [5.41, 5.74) is 3.37. The van der Waals surface area contributed by atoms with Gasteiger partial charge in [-0.2, -0.15) is 5.10 Å². The van der Waals surface area contributed by atoms with E-state index >= 15 is 0 Å². The van der Waals surface area contributed by atoms with Gasteiger partial charge in [-0.3, -0.25) is 9.48 Å². The number of benzene rings is 1. The number of anilines is 1. The first-order valence-corrected chi connectivity index (χ1v) is 8.21. The van der Waals surface area contributed by atoms with E-state index in [1.807, 2.05) is 42.9 Å². The topological polar surface area (TPSA) is 59.0 Å². The SMILES string of the molecule is CN[C@H]1CCCn2nc(C(=O)Nc3cccc(Br)c3C)cc21. The smallest absolute Gasteiger partial charge is 0.276 e. The van der Waals surface area contributed by atoms with E-state index in [-0.39, 0.29) is 11.9 Å². The van der Waals surface area contributed by atoms with E-state index in [9.17, 15) is 4.79 Å². The van der Waals surface area contributed by atoms with E-state index in [1.165, 1.54) is 0 Å². The molecular weight excluding hydrogens is 344 g/mol. The minimum Gasteiger partial charge on any atom is -0.320 e. The maximum Gasteiger partial charge on any atom is 0.276 e. The second-order valence-corrected chi connectivity index (χ2v) is 6.38. The second kappa shape index (κ2) is 6.22. The van der Waals surface area contributed by atoms with Gasteiger partial charge >= 0.3 is 0 Å². The van der Waals surface area contributed by atoms with Crippen LogP contribution in [0.4, 0.5) is 5.69 Å². The summed E-state index contributed by atoms with van der Waals surface area (Å²) in [7, 11) is 1.94. The number of hydrogen-bond donors (Lipinski definition) is 2. The van der Waals surface area contributed by atoms with Gasteiger partial charge in [0.2, 0.25) is 0 Å². The average molecular weight is 363 g/mol. The van der Waals surface area contributed by atoms with Crippen LogP contribution in [-0.4, -0.2) is 22.7 Å². The average Bonchev–Trinajstić information content (AvgIpc) is 2.96. The molecule has 1 aromatic heterocycles. The quantitative estimate of drug-likeness (QED) is 0.880. The molecular formula is C16H19BrN4O. The number of halogens is 1. The zero-order chi connectivity index (χ0) is 15.7. The first-order chi connectivity index (χ1) is 10.6. The summed E-state index contributed by atoms with van der Waals surface area (Å²) in [5, 5.41) is 10.7. The third kappa shape index (κ3) is 2.80. The molecule has 1 amide bonds. The summed E-state index contributed by atoms with van der Waals surface area (Å²) >= 11 is 3.48. The van der Waals surface area contributed by atoms with Crippen molar-refractivity contribution in [2.45, 2.75) is 32.4 Å². The Bertz CT molecular complexity index is 710. The number of carbonyl (C=O) groups excluding carboxylic acids is 1. The molecule has 2 aromatic rings. The Morgan fingerprint density at radius 1 is 1.45 bits per heavy atom. The second-order valence-electron chi connectivity index (χ2n) is 5.53. The maximum absolute atomic E-state index is 12.5. The lowest BCUT2D eigenvalue weighted by Crippen LogP contribution is -2.24. The van der Waals surface area contributed by atoms with Crippen molar-refractivity contribution < 1.29 is 4.79 Å². The number of rotatable bonds is 3. The fourth-order valence-corrected chi connectivity index (χ4v) is 3.18. The molecule has 3 rings (SSSR count). The van der Waals surface area contributed by atoms with Crippen LogP contribution >= 0.6 is 15.9 Å². The van der Waals surface area contributed by atoms with Crippen molar-refractivity contribution in [1.82, 2.24) is 15.1 Å². The van der Waals surface area contributed by atoms with Crippen LogP contribution in [0.2, 0.25) is 0 Å². The van der Waals surface area contributed by atoms with Crippen molar-refractivity contribution >= 4 is 27.5 Å². The molecule has 5 nitrogen and oxygen atoms in total. The highest BCUT2D eigenvalue weighted by atomic mass is 79.9. The van der Waals surface area contributed by atoms with Gasteiger partial charge in [-0.15, -0.1) is 0 Å². The van der Waals surface area contributed by atoms with Crippen molar-refractivity contribution in [3.05, 3.63) is 45.7 Å². The third-order valence-electron chi connectivity index (χ3n) is 4.13. The zero-order valence-electron chi connectivity index (χ0n) is 12.7. The van der Waals surface area contributed by atoms with E-state index in [2.05, 4.69) is 31.7 Å². The van der Waals surface area contributed by atoms with Gasteiger partial charge in [0.25, 0.3) is 5.91 Å². The van der Waals surface area contributed by atoms with Gasteiger partial charge in [0, 0.05) is 22.7 Å². The number of carbonyl (C=O) groups is 1. The first-order valence-electron chi connectivity index (χ1n) is 7.41. The summed E-state index contributed by atoms with van der Waals surface area (Å²) < 4.78 is 2.91. The van der Waals surface area contributed by atoms with Gasteiger partial charge in [-0.05, 0) is 50.6 Å². The monoisotopic (exact) mass is 362 g/mol. The van der Waals surface area contributed by atoms with Crippen molar-refractivity contribution in [1.29, 1.82) is 0 Å². The molecule has 0 aliphatic carbocycles. The molecule has 1 aromatic carbocycles. The minimum absolute atomic E-state index is 0.169. The van der Waals surface area contributed by atoms with Crippen LogP contribution in [-0.2, 0) is 6.54 Å². The van der Waals surface area contributed by atoms with Crippen molar-refractivity contribution in [2.24, 2.45) is 0 Å². The Morgan fingerprint density at radius 3 is 3.05 bits per heavy atom. The maximum atomic E-state index is 12.5. The van der Waals surface area contributed by atoms with Gasteiger partial charge in [0.15, 0.2) is 5.69 Å². The van der Waals surface area contributed by atoms with E-state index in [0.717, 1.165) is 40.8 Å². The highest BCUT2D eigenvalue weighted by Gasteiger charge is 2.23. The predicted molar refractivity (Wildman–Crippen MR) is 90.1 cm³/mol. The number of nitrogens with one attached hydrogen (secondary N) is 2. The molecule has 0 saturated carbocycles. The molecule has 6 heteroatoms. The molecule has 22 heavy (non-hydrogen) atoms. The number of aryl methyl sites for hydroxylation is 1. The lowest BCUT2D eigenvalue weighted by molar-refractivity contribution is 0.102. The van der Waals surface area contributed by atoms with E-state index in [4.69, 9.17) is 0 Å². The Kier molecular flexibility index (Phi) is 4.31. The molecule has 1 aliphatic rings. The van der Waals surface area contributed by atoms with Crippen LogP contribution in [0.5, 0.6) is 0 Å². The molecule has 0 unspecified atom stereocenters. The van der Waals surface area contributed by atoms with Gasteiger partial charge in [0.05, 0.1) is 5.69 Å². The molecule has 2 heterocycles. The first kappa shape index (κ1) is 15.2. The largest absolute Gasteiger partial charge is 0.320 e. The van der Waals surface area contributed by atoms with Crippen molar-refractivity contribution in [2.75, 3.05) is 12.4 Å². The normalized spacial score (nSPS) is 17.1. The van der Waals surface area contributed by atoms with E-state index in [1.54, 1.807) is 0 Å². The molecule has 0 saturated heterocycles. The minimum atomic E-state index is -0.169. The van der Waals surface area contributed by atoms with Gasteiger partial charge < -0.3 is 10.6 Å². The Labute approximate surface area is 138 Å². The van der Waals surface area contributed by atoms with Crippen molar-refractivity contribution in [3.8, 4) is 0 Å². The summed E-state index contributed by atoms with van der Waals surface area (Å²) in [6.07, 6.45) is 2.15. The highest BCUT2D eigenvalue weighted by Crippen LogP contribution is 2.26. The predicted octanol–water partition coefficient (Wildman–Crippen LogP) is 3.26. The molecule has 0 fully saturated rings. The van der Waals surface area contributed by atoms with Crippen LogP contribution in [0.3, 0.4) is 0 Å². The summed E-state index contributed by atoms with van der Waals surface area (Å²) in [5.74, 6) is -0.169. The number of hydrogen-bond acceptors (Lipinski definition) is 3. The highest BCUT2D eigenvalue weighted by molar-refractivity contribution is 9.10. The number of nitrogens with zero attached hydrogens (tertiary/aromatic N) is 2. The molecule has 1 atom stereocenters. The van der Waals surface area contributed by atoms with Crippen LogP contribution in [0.25, 0.3) is 0 Å². The Balaban J connectivity index is 1.84. The zero-order valence-corrected chi connectivity index (χ0v) is 14.3. The van der Waals surface area contributed by atoms with Gasteiger partial charge in [0.1, 0.15) is 0 Å². The van der Waals surface area contributed by atoms with Gasteiger partial charge in [-0.25, -0.2) is 0 Å². The number of aromatic nitrogens is 2. The molecule has 0 bridgehead atoms. The molecule has 1 aliphatic heterocycles. The lowest BCUT2D eigenvalue weighted by atomic mass is 10.0. The summed E-state index contributed by atoms with van der Waals surface area (Å²) in [4.78, 5) is 12.5. The molecule has 0 radical (unpaired) electrons. The lowest BCUT2D eigenvalue weighted by Gasteiger charge is -2.22. The summed E-state index contributed by atoms with van der Waals surface area (Å²) in [6.45, 7) is 2.84. The van der Waals surface area contributed by atoms with Crippen LogP contribution in [0.1, 0.15) is 40.6 Å². The third-order valence-corrected chi connectivity index (χ3v) is 4.99. The fourth-order valence-electron chi connectivity index (χ4n) is 2.82. The van der Waals surface area contributed by atoms with Crippen LogP contribution in [0.15, 0.2) is 28.7 Å². The standard InChI is InChI=1S/C16H19BrN4O/c1-10-11(17)5-3-6-12(10)19-16(22)14-9-15-13(18-2)7-4-8-21(15)20-14/h3,5-6,9,13,18H,4,7-8H2,1-2H3,(H,19,22)/t13-/m0/s1. The molecule has 2 N–H and O–H groups in total. The molecule has 0 spiro atoms. The Morgan fingerprint density at radius 2 is 2.27 bits per heavy atom. The van der Waals surface area contributed by atoms with Crippen molar-refractivity contribution in [3.63, 3.8) is 0 Å². The number of amides is 1. The van der Waals surface area contributed by atoms with E-state index in [0.29, 0.717) is 5.69 Å². The van der Waals surface area contributed by atoms with Gasteiger partial charge in [-0.1, -0.05) is 22.0 Å². The Hall–Kier alpha value is -1.66. The van der Waals surface area contributed by atoms with E-state index < -0.39 is 0 Å². The fraction of sp³-hybridized carbons (Fsp3) is 0.375. The van der Waals surface area contributed by atoms with Crippen LogP contribution in [0, 0.1) is 6.92 Å². The number of fused-ring (bicyclic) bond motifs is 1.